The number of esters is 1. The number of carbonyl (C=O) groups is 1. The van der Waals surface area contributed by atoms with Gasteiger partial charge in [0.25, 0.3) is 0 Å². The zero-order valence-electron chi connectivity index (χ0n) is 13.8. The Labute approximate surface area is 136 Å². The topological polar surface area (TPSA) is 55.6 Å². The van der Waals surface area contributed by atoms with Crippen molar-refractivity contribution in [1.82, 2.24) is 4.98 Å². The van der Waals surface area contributed by atoms with Gasteiger partial charge in [0.15, 0.2) is 0 Å². The standard InChI is InChI=1S/C18H22N2O3/c1-18(2,3)23-17(21)15-12-19-16(22-15)13-7-6-8-14(11-13)20-9-4-5-10-20/h6-8,11-12H,4-5,9-10H2,1-3H3. The first-order valence-corrected chi connectivity index (χ1v) is 7.97. The van der Waals surface area contributed by atoms with Crippen LogP contribution in [0.3, 0.4) is 0 Å². The Bertz CT molecular complexity index is 694. The summed E-state index contributed by atoms with van der Waals surface area (Å²) in [5.74, 6) is 0.0698. The van der Waals surface area contributed by atoms with Crippen LogP contribution in [0.15, 0.2) is 34.9 Å². The van der Waals surface area contributed by atoms with Gasteiger partial charge in [-0.3, -0.25) is 0 Å². The first-order chi connectivity index (χ1) is 10.9. The molecule has 0 aliphatic carbocycles. The van der Waals surface area contributed by atoms with Crippen LogP contribution in [0.1, 0.15) is 44.2 Å². The van der Waals surface area contributed by atoms with Crippen LogP contribution in [0.2, 0.25) is 0 Å². The predicted molar refractivity (Wildman–Crippen MR) is 88.6 cm³/mol. The zero-order valence-corrected chi connectivity index (χ0v) is 13.8. The van der Waals surface area contributed by atoms with Gasteiger partial charge in [0.2, 0.25) is 11.7 Å². The van der Waals surface area contributed by atoms with Crippen LogP contribution in [0.4, 0.5) is 5.69 Å². The highest BCUT2D eigenvalue weighted by atomic mass is 16.6. The number of carbonyl (C=O) groups excluding carboxylic acids is 1. The zero-order chi connectivity index (χ0) is 16.4. The maximum atomic E-state index is 12.0. The van der Waals surface area contributed by atoms with Crippen molar-refractivity contribution in [2.24, 2.45) is 0 Å². The van der Waals surface area contributed by atoms with E-state index in [-0.39, 0.29) is 5.76 Å². The summed E-state index contributed by atoms with van der Waals surface area (Å²) in [6, 6.07) is 8.06. The van der Waals surface area contributed by atoms with E-state index in [2.05, 4.69) is 22.0 Å². The minimum atomic E-state index is -0.556. The minimum absolute atomic E-state index is 0.126. The number of aromatic nitrogens is 1. The number of anilines is 1. The lowest BCUT2D eigenvalue weighted by atomic mass is 10.2. The Morgan fingerprint density at radius 3 is 2.70 bits per heavy atom. The van der Waals surface area contributed by atoms with E-state index < -0.39 is 11.6 Å². The summed E-state index contributed by atoms with van der Waals surface area (Å²) in [5.41, 5.74) is 1.47. The first kappa shape index (κ1) is 15.6. The summed E-state index contributed by atoms with van der Waals surface area (Å²) in [7, 11) is 0. The van der Waals surface area contributed by atoms with Gasteiger partial charge in [0.1, 0.15) is 5.60 Å². The quantitative estimate of drug-likeness (QED) is 0.804. The summed E-state index contributed by atoms with van der Waals surface area (Å²) in [6.45, 7) is 7.63. The lowest BCUT2D eigenvalue weighted by Crippen LogP contribution is -2.23. The Hall–Kier alpha value is -2.30. The van der Waals surface area contributed by atoms with Gasteiger partial charge in [-0.15, -0.1) is 0 Å². The number of ether oxygens (including phenoxy) is 1. The molecular weight excluding hydrogens is 292 g/mol. The normalized spacial score (nSPS) is 15.0. The van der Waals surface area contributed by atoms with E-state index in [9.17, 15) is 4.79 Å². The molecule has 0 amide bonds. The van der Waals surface area contributed by atoms with Gasteiger partial charge in [-0.05, 0) is 51.8 Å². The molecule has 1 aliphatic heterocycles. The number of nitrogens with zero attached hydrogens (tertiary/aromatic N) is 2. The molecule has 2 heterocycles. The van der Waals surface area contributed by atoms with Crippen molar-refractivity contribution in [2.75, 3.05) is 18.0 Å². The fourth-order valence-corrected chi connectivity index (χ4v) is 2.64. The molecule has 0 saturated carbocycles. The molecule has 0 atom stereocenters. The van der Waals surface area contributed by atoms with Crippen molar-refractivity contribution >= 4 is 11.7 Å². The van der Waals surface area contributed by atoms with Gasteiger partial charge in [0, 0.05) is 24.3 Å². The smallest absolute Gasteiger partial charge is 0.376 e. The largest absolute Gasteiger partial charge is 0.454 e. The second-order valence-electron chi connectivity index (χ2n) is 6.78. The average molecular weight is 314 g/mol. The summed E-state index contributed by atoms with van der Waals surface area (Å²) in [4.78, 5) is 18.6. The second kappa shape index (κ2) is 6.07. The fraction of sp³-hybridized carbons (Fsp3) is 0.444. The van der Waals surface area contributed by atoms with E-state index >= 15 is 0 Å². The predicted octanol–water partition coefficient (Wildman–Crippen LogP) is 3.90. The van der Waals surface area contributed by atoms with E-state index in [0.717, 1.165) is 24.3 Å². The third-order valence-electron chi connectivity index (χ3n) is 3.67. The lowest BCUT2D eigenvalue weighted by molar-refractivity contribution is 0.00368. The van der Waals surface area contributed by atoms with Crippen LogP contribution >= 0.6 is 0 Å². The molecule has 1 aromatic carbocycles. The molecule has 2 aromatic rings. The van der Waals surface area contributed by atoms with Crippen LogP contribution in [0, 0.1) is 0 Å². The number of hydrogen-bond donors (Lipinski definition) is 0. The van der Waals surface area contributed by atoms with Gasteiger partial charge in [-0.25, -0.2) is 9.78 Å². The highest BCUT2D eigenvalue weighted by Crippen LogP contribution is 2.27. The Kier molecular flexibility index (Phi) is 4.11. The van der Waals surface area contributed by atoms with Gasteiger partial charge in [-0.1, -0.05) is 6.07 Å². The van der Waals surface area contributed by atoms with Gasteiger partial charge < -0.3 is 14.1 Å². The number of rotatable bonds is 3. The fourth-order valence-electron chi connectivity index (χ4n) is 2.64. The monoisotopic (exact) mass is 314 g/mol. The van der Waals surface area contributed by atoms with Crippen LogP contribution < -0.4 is 4.90 Å². The number of oxazole rings is 1. The Morgan fingerprint density at radius 2 is 2.00 bits per heavy atom. The summed E-state index contributed by atoms with van der Waals surface area (Å²) in [6.07, 6.45) is 3.88. The molecule has 5 nitrogen and oxygen atoms in total. The van der Waals surface area contributed by atoms with Crippen molar-refractivity contribution in [2.45, 2.75) is 39.2 Å². The minimum Gasteiger partial charge on any atom is -0.454 e. The Morgan fingerprint density at radius 1 is 1.26 bits per heavy atom. The van der Waals surface area contributed by atoms with Gasteiger partial charge in [-0.2, -0.15) is 0 Å². The van der Waals surface area contributed by atoms with Gasteiger partial charge in [0.05, 0.1) is 6.20 Å². The van der Waals surface area contributed by atoms with Crippen molar-refractivity contribution in [3.8, 4) is 11.5 Å². The van der Waals surface area contributed by atoms with Crippen LogP contribution in [-0.2, 0) is 4.74 Å². The highest BCUT2D eigenvalue weighted by Gasteiger charge is 2.22. The van der Waals surface area contributed by atoms with Gasteiger partial charge >= 0.3 is 5.97 Å². The number of hydrogen-bond acceptors (Lipinski definition) is 5. The van der Waals surface area contributed by atoms with Crippen LogP contribution in [-0.4, -0.2) is 29.6 Å². The SMILES string of the molecule is CC(C)(C)OC(=O)c1cnc(-c2cccc(N3CCCC3)c2)o1. The van der Waals surface area contributed by atoms with E-state index in [1.54, 1.807) is 0 Å². The summed E-state index contributed by atoms with van der Waals surface area (Å²) < 4.78 is 10.9. The van der Waals surface area contributed by atoms with E-state index in [4.69, 9.17) is 9.15 Å². The molecule has 3 rings (SSSR count). The molecule has 1 saturated heterocycles. The lowest BCUT2D eigenvalue weighted by Gasteiger charge is -2.18. The molecule has 0 bridgehead atoms. The third-order valence-corrected chi connectivity index (χ3v) is 3.67. The van der Waals surface area contributed by atoms with Crippen molar-refractivity contribution in [3.63, 3.8) is 0 Å². The number of benzene rings is 1. The highest BCUT2D eigenvalue weighted by molar-refractivity contribution is 5.86. The molecule has 122 valence electrons. The Balaban J connectivity index is 1.80. The summed E-state index contributed by atoms with van der Waals surface area (Å²) >= 11 is 0. The molecule has 5 heteroatoms. The molecule has 0 unspecified atom stereocenters. The van der Waals surface area contributed by atoms with E-state index in [1.165, 1.54) is 19.0 Å². The van der Waals surface area contributed by atoms with E-state index in [0.29, 0.717) is 5.89 Å². The molecule has 0 spiro atoms. The third kappa shape index (κ3) is 3.73. The molecule has 23 heavy (non-hydrogen) atoms. The molecule has 0 radical (unpaired) electrons. The molecule has 1 aliphatic rings. The van der Waals surface area contributed by atoms with Crippen LogP contribution in [0.5, 0.6) is 0 Å². The van der Waals surface area contributed by atoms with Crippen molar-refractivity contribution < 1.29 is 13.9 Å². The molecular formula is C18H22N2O3. The van der Waals surface area contributed by atoms with E-state index in [1.807, 2.05) is 32.9 Å². The maximum Gasteiger partial charge on any atom is 0.376 e. The maximum absolute atomic E-state index is 12.0. The summed E-state index contributed by atoms with van der Waals surface area (Å²) in [5, 5.41) is 0. The van der Waals surface area contributed by atoms with Crippen molar-refractivity contribution in [1.29, 1.82) is 0 Å². The van der Waals surface area contributed by atoms with Crippen LogP contribution in [0.25, 0.3) is 11.5 Å². The molecule has 0 N–H and O–H groups in total. The van der Waals surface area contributed by atoms with Crippen molar-refractivity contribution in [3.05, 3.63) is 36.2 Å². The second-order valence-corrected chi connectivity index (χ2v) is 6.78. The molecule has 1 fully saturated rings. The first-order valence-electron chi connectivity index (χ1n) is 7.97. The molecule has 1 aromatic heterocycles. The average Bonchev–Trinajstić information content (AvgIpc) is 3.17.